The van der Waals surface area contributed by atoms with Gasteiger partial charge in [0.1, 0.15) is 0 Å². The van der Waals surface area contributed by atoms with Gasteiger partial charge in [0.2, 0.25) is 0 Å². The fraction of sp³-hybridized carbons (Fsp3) is 0.0154. The van der Waals surface area contributed by atoms with Crippen molar-refractivity contribution in [2.45, 2.75) is 5.41 Å². The maximum absolute atomic E-state index is 2.55. The van der Waals surface area contributed by atoms with E-state index >= 15 is 0 Å². The van der Waals surface area contributed by atoms with E-state index in [1.807, 2.05) is 0 Å². The van der Waals surface area contributed by atoms with Gasteiger partial charge in [0.05, 0.1) is 22.5 Å². The second-order valence-corrected chi connectivity index (χ2v) is 17.1. The van der Waals surface area contributed by atoms with Crippen LogP contribution in [0.25, 0.3) is 66.4 Å². The quantitative estimate of drug-likeness (QED) is 0.140. The molecule has 0 radical (unpaired) electrons. The molecule has 0 amide bonds. The van der Waals surface area contributed by atoms with Crippen molar-refractivity contribution < 1.29 is 0 Å². The molecule has 0 spiro atoms. The molecule has 0 fully saturated rings. The zero-order valence-corrected chi connectivity index (χ0v) is 36.4. The number of hydrogen-bond acceptors (Lipinski definition) is 1. The molecule has 1 heteroatoms. The molecule has 1 aliphatic rings. The molecule has 66 heavy (non-hydrogen) atoms. The summed E-state index contributed by atoms with van der Waals surface area (Å²) >= 11 is 0. The maximum atomic E-state index is 2.55. The fourth-order valence-electron chi connectivity index (χ4n) is 10.8. The number of hydrogen-bond donors (Lipinski definition) is 0. The number of benzene rings is 11. The normalized spacial score (nSPS) is 12.4. The summed E-state index contributed by atoms with van der Waals surface area (Å²) in [5, 5.41) is 2.48. The molecule has 1 nitrogen and oxygen atoms in total. The Kier molecular flexibility index (Phi) is 9.81. The molecule has 0 unspecified atom stereocenters. The fourth-order valence-corrected chi connectivity index (χ4v) is 10.8. The van der Waals surface area contributed by atoms with Crippen LogP contribution in [-0.4, -0.2) is 0 Å². The summed E-state index contributed by atoms with van der Waals surface area (Å²) in [6.45, 7) is 0. The highest BCUT2D eigenvalue weighted by Gasteiger charge is 2.47. The third kappa shape index (κ3) is 6.39. The number of anilines is 3. The number of nitrogens with zero attached hydrogens (tertiary/aromatic N) is 1. The lowest BCUT2D eigenvalue weighted by atomic mass is 9.68. The monoisotopic (exact) mass is 839 g/mol. The van der Waals surface area contributed by atoms with Gasteiger partial charge >= 0.3 is 0 Å². The second-order valence-electron chi connectivity index (χ2n) is 17.1. The van der Waals surface area contributed by atoms with Gasteiger partial charge in [-0.05, 0) is 96.2 Å². The lowest BCUT2D eigenvalue weighted by Gasteiger charge is -2.35. The highest BCUT2D eigenvalue weighted by Crippen LogP contribution is 2.60. The summed E-state index contributed by atoms with van der Waals surface area (Å²) in [6.07, 6.45) is 0. The van der Waals surface area contributed by atoms with Gasteiger partial charge in [-0.1, -0.05) is 249 Å². The van der Waals surface area contributed by atoms with Crippen molar-refractivity contribution in [2.75, 3.05) is 4.90 Å². The Labute approximate surface area is 387 Å². The van der Waals surface area contributed by atoms with Crippen LogP contribution in [0.4, 0.5) is 17.1 Å². The molecule has 0 N–H and O–H groups in total. The molecular formula is C65H45N. The van der Waals surface area contributed by atoms with E-state index in [4.69, 9.17) is 0 Å². The first-order valence-electron chi connectivity index (χ1n) is 22.8. The second kappa shape index (κ2) is 16.6. The molecule has 0 atom stereocenters. The van der Waals surface area contributed by atoms with E-state index in [-0.39, 0.29) is 0 Å². The van der Waals surface area contributed by atoms with Crippen LogP contribution in [-0.2, 0) is 5.41 Å². The van der Waals surface area contributed by atoms with Crippen molar-refractivity contribution in [2.24, 2.45) is 0 Å². The summed E-state index contributed by atoms with van der Waals surface area (Å²) in [7, 11) is 0. The number of rotatable bonds is 9. The van der Waals surface area contributed by atoms with Crippen LogP contribution in [0.2, 0.25) is 0 Å². The van der Waals surface area contributed by atoms with Gasteiger partial charge in [0, 0.05) is 16.7 Å². The molecule has 310 valence electrons. The highest BCUT2D eigenvalue weighted by molar-refractivity contribution is 6.03. The highest BCUT2D eigenvalue weighted by atomic mass is 15.2. The van der Waals surface area contributed by atoms with E-state index < -0.39 is 5.41 Å². The Balaban J connectivity index is 1.16. The van der Waals surface area contributed by atoms with Gasteiger partial charge in [0.15, 0.2) is 0 Å². The van der Waals surface area contributed by atoms with E-state index in [9.17, 15) is 0 Å². The number of fused-ring (bicyclic) bond motifs is 4. The van der Waals surface area contributed by atoms with Crippen LogP contribution in [0.3, 0.4) is 0 Å². The zero-order valence-electron chi connectivity index (χ0n) is 36.4. The van der Waals surface area contributed by atoms with Crippen molar-refractivity contribution in [3.8, 4) is 55.6 Å². The average molecular weight is 840 g/mol. The summed E-state index contributed by atoms with van der Waals surface area (Å²) in [5.74, 6) is 0. The predicted molar refractivity (Wildman–Crippen MR) is 278 cm³/mol. The molecule has 1 aliphatic carbocycles. The summed E-state index contributed by atoms with van der Waals surface area (Å²) < 4.78 is 0. The molecule has 0 aliphatic heterocycles. The third-order valence-electron chi connectivity index (χ3n) is 13.6. The standard InChI is InChI=1S/C65H45N/c1-4-23-46(24-5-1)53-34-12-13-36-56(53)57-37-16-19-43-62(57)66(61-42-18-15-35-55(61)49-28-20-27-48(45-49)54-39-21-26-47-25-10-11-33-52(47)54)63-44-22-41-60-64(63)58-38-14-17-40-59(58)65(60,50-29-6-2-7-30-50)51-31-8-3-9-32-51/h1-45H. The first-order valence-corrected chi connectivity index (χ1v) is 22.8. The van der Waals surface area contributed by atoms with Crippen LogP contribution >= 0.6 is 0 Å². The molecule has 0 bridgehead atoms. The van der Waals surface area contributed by atoms with E-state index in [1.165, 1.54) is 72.0 Å². The van der Waals surface area contributed by atoms with Crippen LogP contribution in [0.1, 0.15) is 22.3 Å². The van der Waals surface area contributed by atoms with Gasteiger partial charge in [-0.25, -0.2) is 0 Å². The van der Waals surface area contributed by atoms with E-state index in [0.29, 0.717) is 0 Å². The minimum absolute atomic E-state index is 0.554. The molecular weight excluding hydrogens is 795 g/mol. The Morgan fingerprint density at radius 1 is 0.258 bits per heavy atom. The molecule has 11 aromatic rings. The zero-order chi connectivity index (χ0) is 43.9. The van der Waals surface area contributed by atoms with E-state index in [1.54, 1.807) is 0 Å². The lowest BCUT2D eigenvalue weighted by Crippen LogP contribution is -2.28. The van der Waals surface area contributed by atoms with Crippen LogP contribution in [0.15, 0.2) is 273 Å². The maximum Gasteiger partial charge on any atom is 0.0714 e. The SMILES string of the molecule is c1ccc(-c2ccccc2-c2ccccc2N(c2ccccc2-c2cccc(-c3cccc4ccccc34)c2)c2cccc3c2-c2ccccc2C3(c2ccccc2)c2ccccc2)cc1. The van der Waals surface area contributed by atoms with Gasteiger partial charge < -0.3 is 4.90 Å². The largest absolute Gasteiger partial charge is 0.309 e. The smallest absolute Gasteiger partial charge is 0.0714 e. The first-order chi connectivity index (χ1) is 32.8. The van der Waals surface area contributed by atoms with Crippen molar-refractivity contribution in [3.63, 3.8) is 0 Å². The van der Waals surface area contributed by atoms with Crippen molar-refractivity contribution in [3.05, 3.63) is 295 Å². The van der Waals surface area contributed by atoms with Crippen molar-refractivity contribution in [1.82, 2.24) is 0 Å². The predicted octanol–water partition coefficient (Wildman–Crippen LogP) is 17.3. The Morgan fingerprint density at radius 2 is 0.697 bits per heavy atom. The lowest BCUT2D eigenvalue weighted by molar-refractivity contribution is 0.768. The van der Waals surface area contributed by atoms with Gasteiger partial charge in [-0.15, -0.1) is 0 Å². The van der Waals surface area contributed by atoms with E-state index in [0.717, 1.165) is 33.8 Å². The van der Waals surface area contributed by atoms with Crippen molar-refractivity contribution in [1.29, 1.82) is 0 Å². The van der Waals surface area contributed by atoms with E-state index in [2.05, 4.69) is 278 Å². The summed E-state index contributed by atoms with van der Waals surface area (Å²) in [6, 6.07) is 100. The Hall–Kier alpha value is -8.52. The summed E-state index contributed by atoms with van der Waals surface area (Å²) in [4.78, 5) is 2.55. The van der Waals surface area contributed by atoms with Crippen LogP contribution in [0, 0.1) is 0 Å². The minimum atomic E-state index is -0.554. The molecule has 0 saturated carbocycles. The van der Waals surface area contributed by atoms with Gasteiger partial charge in [0.25, 0.3) is 0 Å². The molecule has 0 aromatic heterocycles. The van der Waals surface area contributed by atoms with Gasteiger partial charge in [-0.2, -0.15) is 0 Å². The van der Waals surface area contributed by atoms with Gasteiger partial charge in [-0.3, -0.25) is 0 Å². The van der Waals surface area contributed by atoms with Crippen molar-refractivity contribution >= 4 is 27.8 Å². The third-order valence-corrected chi connectivity index (χ3v) is 13.6. The summed E-state index contributed by atoms with van der Waals surface area (Å²) in [5.41, 5.74) is 19.7. The average Bonchev–Trinajstić information content (AvgIpc) is 3.71. The molecule has 0 saturated heterocycles. The van der Waals surface area contributed by atoms with Crippen LogP contribution in [0.5, 0.6) is 0 Å². The Bertz CT molecular complexity index is 3490. The van der Waals surface area contributed by atoms with Crippen LogP contribution < -0.4 is 4.90 Å². The molecule has 12 rings (SSSR count). The molecule has 11 aromatic carbocycles. The Morgan fingerprint density at radius 3 is 1.42 bits per heavy atom. The molecule has 0 heterocycles. The minimum Gasteiger partial charge on any atom is -0.309 e. The topological polar surface area (TPSA) is 3.24 Å². The first kappa shape index (κ1) is 39.1. The number of para-hydroxylation sites is 2.